The van der Waals surface area contributed by atoms with Crippen molar-refractivity contribution in [2.24, 2.45) is 10.2 Å². The fourth-order valence-electron chi connectivity index (χ4n) is 2.68. The number of phenolic OH excluding ortho intramolecular Hbond substituents is 1. The first-order valence-corrected chi connectivity index (χ1v) is 14.2. The molecule has 0 radical (unpaired) electrons. The first-order chi connectivity index (χ1) is 14.2. The van der Waals surface area contributed by atoms with Gasteiger partial charge in [0, 0.05) is 0 Å². The van der Waals surface area contributed by atoms with E-state index in [0.29, 0.717) is 6.07 Å². The van der Waals surface area contributed by atoms with E-state index in [1.807, 2.05) is 0 Å². The molecule has 0 spiro atoms. The van der Waals surface area contributed by atoms with E-state index in [9.17, 15) is 43.0 Å². The van der Waals surface area contributed by atoms with E-state index in [0.717, 1.165) is 24.3 Å². The van der Waals surface area contributed by atoms with Gasteiger partial charge in [0.15, 0.2) is 0 Å². The van der Waals surface area contributed by atoms with Crippen LogP contribution in [0.15, 0.2) is 68.6 Å². The molecule has 0 atom stereocenters. The summed E-state index contributed by atoms with van der Waals surface area (Å²) in [6.45, 7) is 0. The van der Waals surface area contributed by atoms with Crippen LogP contribution in [0.1, 0.15) is 0 Å². The van der Waals surface area contributed by atoms with Gasteiger partial charge in [-0.3, -0.25) is 0 Å². The van der Waals surface area contributed by atoms with Crippen LogP contribution in [-0.4, -0.2) is 58.9 Å². The molecule has 0 fully saturated rings. The average molecular weight is 594 g/mol. The summed E-state index contributed by atoms with van der Waals surface area (Å²) in [5.74, 6) is -1.11. The summed E-state index contributed by atoms with van der Waals surface area (Å²) in [6.07, 6.45) is 0. The Morgan fingerprint density at radius 3 is 1.97 bits per heavy atom. The minimum Gasteiger partial charge on any atom is 1.00 e. The fourth-order valence-corrected chi connectivity index (χ4v) is 5.25. The smallest absolute Gasteiger partial charge is 1.00 e. The van der Waals surface area contributed by atoms with Crippen LogP contribution in [0.2, 0.25) is 0 Å². The van der Waals surface area contributed by atoms with E-state index in [2.05, 4.69) is 10.2 Å². The van der Waals surface area contributed by atoms with Crippen molar-refractivity contribution in [3.8, 4) is 5.75 Å². The summed E-state index contributed by atoms with van der Waals surface area (Å²) >= 11 is -5.43. The Labute approximate surface area is 240 Å². The molecule has 0 unspecified atom stereocenters. The quantitative estimate of drug-likeness (QED) is 0.143. The molecule has 0 aromatic heterocycles. The van der Waals surface area contributed by atoms with E-state index in [4.69, 9.17) is 0 Å². The van der Waals surface area contributed by atoms with Crippen LogP contribution in [0.5, 0.6) is 5.75 Å². The molecule has 3 aromatic rings. The SMILES string of the molecule is O.O=S(=O)([O-])c1ccc2c(N=Nc3ccccc3[As](=O)(O)O)c(O)c(S(=O)(=O)[O-])cc2c1.[Na+].[Na+]. The normalized spacial score (nSPS) is 12.0. The molecule has 5 N–H and O–H groups in total. The first-order valence-electron chi connectivity index (χ1n) is 7.98. The molecule has 0 saturated heterocycles. The zero-order valence-electron chi connectivity index (χ0n) is 17.5. The Balaban J connectivity index is 0.00000363. The number of nitrogens with zero attached hydrogens (tertiary/aromatic N) is 2. The van der Waals surface area contributed by atoms with Crippen molar-refractivity contribution in [3.05, 3.63) is 48.5 Å². The monoisotopic (exact) mass is 594 g/mol. The molecule has 0 heterocycles. The Hall–Kier alpha value is -0.622. The molecule has 172 valence electrons. The largest absolute Gasteiger partial charge is 1.00 e. The van der Waals surface area contributed by atoms with Gasteiger partial charge < -0.3 is 5.48 Å². The molecular weight excluding hydrogens is 581 g/mol. The Morgan fingerprint density at radius 1 is 0.853 bits per heavy atom. The topological polar surface area (TPSA) is 248 Å². The summed E-state index contributed by atoms with van der Waals surface area (Å²) in [5, 5.41) is 17.3. The maximum Gasteiger partial charge on any atom is 1.00 e. The number of hydrogen-bond donors (Lipinski definition) is 3. The van der Waals surface area contributed by atoms with Gasteiger partial charge in [-0.05, 0) is 0 Å². The van der Waals surface area contributed by atoms with Gasteiger partial charge >= 0.3 is 237 Å². The number of azo groups is 1. The summed E-state index contributed by atoms with van der Waals surface area (Å²) in [6, 6.07) is 8.42. The number of rotatable bonds is 5. The Bertz CT molecular complexity index is 1510. The maximum absolute atomic E-state index is 11.7. The molecule has 0 amide bonds. The number of phenols is 1. The van der Waals surface area contributed by atoms with Crippen molar-refractivity contribution in [3.63, 3.8) is 0 Å². The van der Waals surface area contributed by atoms with Crippen LogP contribution < -0.4 is 63.5 Å². The summed E-state index contributed by atoms with van der Waals surface area (Å²) in [4.78, 5) is -1.88. The van der Waals surface area contributed by atoms with Gasteiger partial charge in [0.25, 0.3) is 0 Å². The third kappa shape index (κ3) is 7.44. The van der Waals surface area contributed by atoms with Gasteiger partial charge in [-0.25, -0.2) is 0 Å². The van der Waals surface area contributed by atoms with Crippen LogP contribution in [0.25, 0.3) is 10.8 Å². The third-order valence-corrected chi connectivity index (χ3v) is 7.83. The zero-order chi connectivity index (χ0) is 23.2. The predicted molar refractivity (Wildman–Crippen MR) is 106 cm³/mol. The van der Waals surface area contributed by atoms with Gasteiger partial charge in [-0.2, -0.15) is 0 Å². The molecule has 0 aliphatic heterocycles. The predicted octanol–water partition coefficient (Wildman–Crippen LogP) is -6.49. The van der Waals surface area contributed by atoms with Gasteiger partial charge in [0.1, 0.15) is 0 Å². The number of fused-ring (bicyclic) bond motifs is 1. The molecule has 3 rings (SSSR count). The van der Waals surface area contributed by atoms with Crippen LogP contribution in [-0.2, 0) is 24.0 Å². The molecule has 0 bridgehead atoms. The molecule has 0 saturated carbocycles. The summed E-state index contributed by atoms with van der Waals surface area (Å²) < 4.78 is 98.5. The van der Waals surface area contributed by atoms with Crippen LogP contribution in [0, 0.1) is 0 Å². The Kier molecular flexibility index (Phi) is 11.9. The van der Waals surface area contributed by atoms with Crippen LogP contribution in [0.3, 0.4) is 0 Å². The third-order valence-electron chi connectivity index (χ3n) is 4.03. The van der Waals surface area contributed by atoms with Crippen molar-refractivity contribution >= 4 is 60.9 Å². The zero-order valence-corrected chi connectivity index (χ0v) is 25.0. The second-order valence-electron chi connectivity index (χ2n) is 6.10. The minimum atomic E-state index is -5.43. The molecule has 13 nitrogen and oxygen atoms in total. The summed E-state index contributed by atoms with van der Waals surface area (Å²) in [5.41, 5.74) is -0.869. The number of hydrogen-bond acceptors (Lipinski definition) is 10. The molecular formula is C16H13AsN2Na2O11S2. The Morgan fingerprint density at radius 2 is 1.44 bits per heavy atom. The number of benzene rings is 3. The average Bonchev–Trinajstić information content (AvgIpc) is 2.64. The van der Waals surface area contributed by atoms with Gasteiger partial charge in [0.2, 0.25) is 0 Å². The van der Waals surface area contributed by atoms with Crippen LogP contribution >= 0.6 is 0 Å². The summed E-state index contributed by atoms with van der Waals surface area (Å²) in [7, 11) is -10.2. The van der Waals surface area contributed by atoms with E-state index in [1.165, 1.54) is 18.2 Å². The maximum atomic E-state index is 11.7. The van der Waals surface area contributed by atoms with E-state index >= 15 is 0 Å². The van der Waals surface area contributed by atoms with E-state index in [1.54, 1.807) is 0 Å². The second-order valence-corrected chi connectivity index (χ2v) is 12.1. The van der Waals surface area contributed by atoms with Crippen LogP contribution in [0.4, 0.5) is 11.4 Å². The van der Waals surface area contributed by atoms with Crippen molar-refractivity contribution < 1.29 is 108 Å². The van der Waals surface area contributed by atoms with Crippen molar-refractivity contribution in [1.82, 2.24) is 0 Å². The van der Waals surface area contributed by atoms with Gasteiger partial charge in [-0.15, -0.1) is 0 Å². The van der Waals surface area contributed by atoms with Crippen molar-refractivity contribution in [2.45, 2.75) is 9.79 Å². The van der Waals surface area contributed by atoms with Gasteiger partial charge in [0.05, 0.1) is 0 Å². The van der Waals surface area contributed by atoms with Gasteiger partial charge in [-0.1, -0.05) is 0 Å². The molecule has 18 heteroatoms. The fraction of sp³-hybridized carbons (Fsp3) is 0. The van der Waals surface area contributed by atoms with E-state index in [-0.39, 0.29) is 81.1 Å². The second kappa shape index (κ2) is 12.1. The standard InChI is InChI=1S/C16H13AsN2O10S2.2Na.H2O/c20-16-14(31(27,28)29)8-9-7-10(30(24,25)26)5-6-11(9)15(16)19-18-13-4-2-1-3-12(13)17(21,22)23;;;/h1-8,20H,(H2,21,22,23)(H,24,25,26)(H,27,28,29);;;1H2/q;2*+1;/p-2. The molecule has 0 aliphatic rings. The molecule has 34 heavy (non-hydrogen) atoms. The molecule has 3 aromatic carbocycles. The number of aromatic hydroxyl groups is 1. The van der Waals surface area contributed by atoms with E-state index < -0.39 is 60.0 Å². The first kappa shape index (κ1) is 33.4. The molecule has 0 aliphatic carbocycles. The van der Waals surface area contributed by atoms with Crippen molar-refractivity contribution in [1.29, 1.82) is 0 Å². The van der Waals surface area contributed by atoms with Crippen molar-refractivity contribution in [2.75, 3.05) is 0 Å². The minimum absolute atomic E-state index is 0.